The van der Waals surface area contributed by atoms with Crippen LogP contribution in [0.25, 0.3) is 0 Å². The lowest BCUT2D eigenvalue weighted by molar-refractivity contribution is -0.0338. The molecule has 3 rings (SSSR count). The van der Waals surface area contributed by atoms with Gasteiger partial charge in [-0.3, -0.25) is 0 Å². The Morgan fingerprint density at radius 3 is 2.00 bits per heavy atom. The highest BCUT2D eigenvalue weighted by Gasteiger charge is 2.63. The van der Waals surface area contributed by atoms with Crippen molar-refractivity contribution in [3.63, 3.8) is 0 Å². The third-order valence-corrected chi connectivity index (χ3v) is 6.61. The first kappa shape index (κ1) is 11.1. The molecule has 0 aromatic rings. The zero-order chi connectivity index (χ0) is 11.6. The van der Waals surface area contributed by atoms with Crippen LogP contribution in [0, 0.1) is 53.3 Å². The van der Waals surface area contributed by atoms with E-state index in [2.05, 4.69) is 34.6 Å². The quantitative estimate of drug-likeness (QED) is 0.659. The Labute approximate surface area is 101 Å². The van der Waals surface area contributed by atoms with Crippen LogP contribution in [0.3, 0.4) is 0 Å². The predicted molar refractivity (Wildman–Crippen MR) is 69.0 cm³/mol. The van der Waals surface area contributed by atoms with Crippen LogP contribution in [0.2, 0.25) is 0 Å². The third-order valence-electron chi connectivity index (χ3n) is 6.61. The minimum Gasteiger partial charge on any atom is -0.0625 e. The van der Waals surface area contributed by atoms with Crippen molar-refractivity contribution in [1.29, 1.82) is 0 Å². The molecule has 3 aliphatic carbocycles. The van der Waals surface area contributed by atoms with Crippen molar-refractivity contribution in [3.8, 4) is 0 Å². The monoisotopic (exact) mass is 220 g/mol. The molecule has 0 saturated heterocycles. The molecule has 3 aliphatic rings. The molecule has 0 bridgehead atoms. The van der Waals surface area contributed by atoms with E-state index in [9.17, 15) is 0 Å². The maximum absolute atomic E-state index is 2.57. The largest absolute Gasteiger partial charge is 0.0625 e. The average Bonchev–Trinajstić information content (AvgIpc) is 2.60. The first-order valence-electron chi connectivity index (χ1n) is 7.52. The van der Waals surface area contributed by atoms with E-state index >= 15 is 0 Å². The van der Waals surface area contributed by atoms with Crippen molar-refractivity contribution in [2.75, 3.05) is 0 Å². The van der Waals surface area contributed by atoms with Crippen LogP contribution < -0.4 is 0 Å². The number of hydrogen-bond donors (Lipinski definition) is 0. The van der Waals surface area contributed by atoms with Gasteiger partial charge in [0.25, 0.3) is 0 Å². The summed E-state index contributed by atoms with van der Waals surface area (Å²) in [5, 5.41) is 0. The standard InChI is InChI=1S/C16H28/c1-8(2)12-6-9(3)15(12)10(4)13-7-14-11(5)16(13)14/h8-16H,6-7H2,1-5H3. The summed E-state index contributed by atoms with van der Waals surface area (Å²) >= 11 is 0. The van der Waals surface area contributed by atoms with Gasteiger partial charge in [0.1, 0.15) is 0 Å². The topological polar surface area (TPSA) is 0 Å². The summed E-state index contributed by atoms with van der Waals surface area (Å²) in [5.74, 6) is 9.52. The minimum absolute atomic E-state index is 0.913. The normalized spacial score (nSPS) is 56.2. The van der Waals surface area contributed by atoms with Gasteiger partial charge in [0, 0.05) is 0 Å². The third kappa shape index (κ3) is 1.34. The Morgan fingerprint density at radius 2 is 1.62 bits per heavy atom. The Hall–Kier alpha value is 0. The fourth-order valence-electron chi connectivity index (χ4n) is 5.38. The Balaban J connectivity index is 1.63. The van der Waals surface area contributed by atoms with Gasteiger partial charge in [-0.15, -0.1) is 0 Å². The fraction of sp³-hybridized carbons (Fsp3) is 1.00. The van der Waals surface area contributed by atoms with E-state index < -0.39 is 0 Å². The Morgan fingerprint density at radius 1 is 0.938 bits per heavy atom. The zero-order valence-electron chi connectivity index (χ0n) is 11.6. The van der Waals surface area contributed by atoms with Crippen molar-refractivity contribution < 1.29 is 0 Å². The highest BCUT2D eigenvalue weighted by molar-refractivity contribution is 5.11. The van der Waals surface area contributed by atoms with Crippen LogP contribution in [0.1, 0.15) is 47.5 Å². The molecule has 92 valence electrons. The number of hydrogen-bond acceptors (Lipinski definition) is 0. The first-order valence-corrected chi connectivity index (χ1v) is 7.52. The van der Waals surface area contributed by atoms with Crippen molar-refractivity contribution in [3.05, 3.63) is 0 Å². The van der Waals surface area contributed by atoms with E-state index in [1.54, 1.807) is 6.42 Å². The molecule has 0 heteroatoms. The summed E-state index contributed by atoms with van der Waals surface area (Å²) in [7, 11) is 0. The highest BCUT2D eigenvalue weighted by atomic mass is 14.7. The molecule has 0 aromatic heterocycles. The van der Waals surface area contributed by atoms with Gasteiger partial charge in [-0.2, -0.15) is 0 Å². The molecule has 8 atom stereocenters. The van der Waals surface area contributed by atoms with Gasteiger partial charge in [0.2, 0.25) is 0 Å². The zero-order valence-corrected chi connectivity index (χ0v) is 11.6. The van der Waals surface area contributed by atoms with Crippen molar-refractivity contribution >= 4 is 0 Å². The SMILES string of the molecule is CC(C)C1CC(C)C1C(C)C1CC2C(C)C12. The van der Waals surface area contributed by atoms with Gasteiger partial charge in [-0.1, -0.05) is 34.6 Å². The molecule has 0 spiro atoms. The lowest BCUT2D eigenvalue weighted by atomic mass is 9.53. The average molecular weight is 220 g/mol. The smallest absolute Gasteiger partial charge is 0.0323 e. The van der Waals surface area contributed by atoms with Gasteiger partial charge < -0.3 is 0 Å². The highest BCUT2D eigenvalue weighted by Crippen LogP contribution is 2.68. The summed E-state index contributed by atoms with van der Waals surface area (Å²) in [5.41, 5.74) is 0. The number of rotatable bonds is 3. The molecule has 3 fully saturated rings. The van der Waals surface area contributed by atoms with Crippen LogP contribution in [-0.2, 0) is 0 Å². The molecule has 0 radical (unpaired) electrons. The molecule has 3 saturated carbocycles. The van der Waals surface area contributed by atoms with Crippen LogP contribution in [0.5, 0.6) is 0 Å². The maximum atomic E-state index is 2.57. The van der Waals surface area contributed by atoms with Crippen LogP contribution in [0.4, 0.5) is 0 Å². The lowest BCUT2D eigenvalue weighted by Crippen LogP contribution is -2.45. The molecule has 0 amide bonds. The van der Waals surface area contributed by atoms with Crippen LogP contribution in [-0.4, -0.2) is 0 Å². The van der Waals surface area contributed by atoms with Crippen LogP contribution >= 0.6 is 0 Å². The van der Waals surface area contributed by atoms with Gasteiger partial charge in [0.05, 0.1) is 0 Å². The second kappa shape index (κ2) is 3.50. The molecular formula is C16H28. The summed E-state index contributed by atoms with van der Waals surface area (Å²) in [6.45, 7) is 12.4. The lowest BCUT2D eigenvalue weighted by Gasteiger charge is -2.52. The molecule has 0 heterocycles. The van der Waals surface area contributed by atoms with E-state index in [-0.39, 0.29) is 0 Å². The molecule has 0 nitrogen and oxygen atoms in total. The van der Waals surface area contributed by atoms with E-state index in [1.165, 1.54) is 6.42 Å². The summed E-state index contributed by atoms with van der Waals surface area (Å²) in [6.07, 6.45) is 3.07. The Kier molecular flexibility index (Phi) is 2.43. The minimum atomic E-state index is 0.913. The maximum Gasteiger partial charge on any atom is -0.0323 e. The number of fused-ring (bicyclic) bond motifs is 1. The second-order valence-corrected chi connectivity index (χ2v) is 7.56. The van der Waals surface area contributed by atoms with Gasteiger partial charge in [-0.25, -0.2) is 0 Å². The second-order valence-electron chi connectivity index (χ2n) is 7.56. The van der Waals surface area contributed by atoms with Crippen molar-refractivity contribution in [2.24, 2.45) is 53.3 Å². The molecule has 0 aromatic carbocycles. The van der Waals surface area contributed by atoms with E-state index in [0.29, 0.717) is 0 Å². The predicted octanol–water partition coefficient (Wildman–Crippen LogP) is 4.45. The van der Waals surface area contributed by atoms with Gasteiger partial charge >= 0.3 is 0 Å². The summed E-state index contributed by atoms with van der Waals surface area (Å²) < 4.78 is 0. The summed E-state index contributed by atoms with van der Waals surface area (Å²) in [6, 6.07) is 0. The van der Waals surface area contributed by atoms with Crippen molar-refractivity contribution in [1.82, 2.24) is 0 Å². The van der Waals surface area contributed by atoms with Crippen molar-refractivity contribution in [2.45, 2.75) is 47.5 Å². The van der Waals surface area contributed by atoms with Gasteiger partial charge in [0.15, 0.2) is 0 Å². The molecular weight excluding hydrogens is 192 g/mol. The molecule has 0 aliphatic heterocycles. The molecule has 8 unspecified atom stereocenters. The van der Waals surface area contributed by atoms with E-state index in [4.69, 9.17) is 0 Å². The first-order chi connectivity index (χ1) is 7.52. The molecule has 0 N–H and O–H groups in total. The fourth-order valence-corrected chi connectivity index (χ4v) is 5.38. The molecule has 16 heavy (non-hydrogen) atoms. The Bertz CT molecular complexity index is 276. The van der Waals surface area contributed by atoms with E-state index in [0.717, 1.165) is 53.3 Å². The van der Waals surface area contributed by atoms with Gasteiger partial charge in [-0.05, 0) is 66.1 Å². The van der Waals surface area contributed by atoms with Crippen LogP contribution in [0.15, 0.2) is 0 Å². The summed E-state index contributed by atoms with van der Waals surface area (Å²) in [4.78, 5) is 0. The van der Waals surface area contributed by atoms with E-state index in [1.807, 2.05) is 0 Å².